The van der Waals surface area contributed by atoms with Gasteiger partial charge in [-0.25, -0.2) is 14.7 Å². The van der Waals surface area contributed by atoms with Crippen molar-refractivity contribution in [1.82, 2.24) is 9.88 Å². The molecule has 1 saturated heterocycles. The number of anilines is 1. The van der Waals surface area contributed by atoms with E-state index in [9.17, 15) is 9.59 Å². The Hall–Kier alpha value is -2.15. The molecule has 0 aliphatic carbocycles. The molecule has 1 atom stereocenters. The maximum Gasteiger partial charge on any atom is 0.329 e. The van der Waals surface area contributed by atoms with E-state index in [-0.39, 0.29) is 12.0 Å². The van der Waals surface area contributed by atoms with E-state index in [1.165, 1.54) is 16.9 Å². The third-order valence-electron chi connectivity index (χ3n) is 5.39. The Morgan fingerprint density at radius 2 is 1.93 bits per heavy atom. The van der Waals surface area contributed by atoms with E-state index in [0.29, 0.717) is 24.6 Å². The van der Waals surface area contributed by atoms with Crippen LogP contribution in [0.15, 0.2) is 18.2 Å². The highest BCUT2D eigenvalue weighted by Crippen LogP contribution is 2.34. The number of esters is 1. The van der Waals surface area contributed by atoms with Gasteiger partial charge in [0, 0.05) is 13.0 Å². The number of urea groups is 1. The second-order valence-corrected chi connectivity index (χ2v) is 8.91. The summed E-state index contributed by atoms with van der Waals surface area (Å²) in [5, 5.41) is 0.606. The fourth-order valence-corrected chi connectivity index (χ4v) is 4.65. The highest BCUT2D eigenvalue weighted by molar-refractivity contribution is 7.22. The average molecular weight is 432 g/mol. The number of fused-ring (bicyclic) bond motifs is 1. The smallest absolute Gasteiger partial charge is 0.329 e. The first-order valence-corrected chi connectivity index (χ1v) is 12.1. The summed E-state index contributed by atoms with van der Waals surface area (Å²) in [4.78, 5) is 33.5. The summed E-state index contributed by atoms with van der Waals surface area (Å²) in [5.41, 5.74) is 2.17. The molecule has 1 fully saturated rings. The lowest BCUT2D eigenvalue weighted by Gasteiger charge is -2.20. The Morgan fingerprint density at radius 1 is 1.17 bits per heavy atom. The summed E-state index contributed by atoms with van der Waals surface area (Å²) in [7, 11) is 0. The number of amides is 2. The zero-order chi connectivity index (χ0) is 21.5. The van der Waals surface area contributed by atoms with Crippen molar-refractivity contribution in [3.63, 3.8) is 0 Å². The van der Waals surface area contributed by atoms with Crippen LogP contribution in [0, 0.1) is 0 Å². The number of hydrogen-bond acceptors (Lipinski definition) is 5. The standard InChI is InChI=1S/C23H33N3O3S/c1-4-7-10-17-12-13-18-19(15-17)30-22(24-18)26-20(29-21(27)11-8-5-2)16-25(23(26)28)14-9-6-3/h12-13,15,20H,4-11,14,16H2,1-3H3. The van der Waals surface area contributed by atoms with Crippen molar-refractivity contribution >= 4 is 38.7 Å². The summed E-state index contributed by atoms with van der Waals surface area (Å²) in [6.07, 6.45) is 6.79. The van der Waals surface area contributed by atoms with Gasteiger partial charge in [0.1, 0.15) is 0 Å². The Balaban J connectivity index is 1.84. The molecule has 6 nitrogen and oxygen atoms in total. The molecule has 0 radical (unpaired) electrons. The van der Waals surface area contributed by atoms with Crippen LogP contribution in [-0.2, 0) is 16.0 Å². The average Bonchev–Trinajstić information content (AvgIpc) is 3.28. The summed E-state index contributed by atoms with van der Waals surface area (Å²) < 4.78 is 6.79. The van der Waals surface area contributed by atoms with Crippen LogP contribution in [0.5, 0.6) is 0 Å². The van der Waals surface area contributed by atoms with Gasteiger partial charge < -0.3 is 9.64 Å². The number of unbranched alkanes of at least 4 members (excludes halogenated alkanes) is 3. The lowest BCUT2D eigenvalue weighted by atomic mass is 10.1. The molecule has 0 N–H and O–H groups in total. The maximum atomic E-state index is 13.1. The number of nitrogens with zero attached hydrogens (tertiary/aromatic N) is 3. The van der Waals surface area contributed by atoms with E-state index in [4.69, 9.17) is 9.72 Å². The SMILES string of the molecule is CCCCC(=O)OC1CN(CCCC)C(=O)N1c1nc2ccc(CCCC)cc2s1. The minimum atomic E-state index is -0.612. The molecule has 1 aliphatic heterocycles. The third-order valence-corrected chi connectivity index (χ3v) is 6.41. The van der Waals surface area contributed by atoms with Gasteiger partial charge in [0.15, 0.2) is 5.13 Å². The van der Waals surface area contributed by atoms with Crippen LogP contribution in [-0.4, -0.2) is 41.2 Å². The number of aromatic nitrogens is 1. The molecular weight excluding hydrogens is 398 g/mol. The van der Waals surface area contributed by atoms with Gasteiger partial charge in [0.05, 0.1) is 16.8 Å². The minimum absolute atomic E-state index is 0.123. The second kappa shape index (κ2) is 10.8. The lowest BCUT2D eigenvalue weighted by Crippen LogP contribution is -2.37. The molecule has 7 heteroatoms. The number of carbonyl (C=O) groups excluding carboxylic acids is 2. The number of hydrogen-bond donors (Lipinski definition) is 0. The molecule has 1 aromatic heterocycles. The van der Waals surface area contributed by atoms with E-state index in [1.807, 2.05) is 13.0 Å². The van der Waals surface area contributed by atoms with Crippen molar-refractivity contribution < 1.29 is 14.3 Å². The van der Waals surface area contributed by atoms with Gasteiger partial charge in [-0.05, 0) is 43.4 Å². The van der Waals surface area contributed by atoms with Crippen LogP contribution < -0.4 is 4.90 Å². The molecule has 2 heterocycles. The first kappa shape index (κ1) is 22.5. The van der Waals surface area contributed by atoms with E-state index in [0.717, 1.165) is 55.2 Å². The second-order valence-electron chi connectivity index (χ2n) is 7.90. The first-order valence-electron chi connectivity index (χ1n) is 11.2. The van der Waals surface area contributed by atoms with E-state index >= 15 is 0 Å². The van der Waals surface area contributed by atoms with E-state index in [1.54, 1.807) is 9.80 Å². The first-order chi connectivity index (χ1) is 14.6. The summed E-state index contributed by atoms with van der Waals surface area (Å²) in [5.74, 6) is -0.250. The Kier molecular flexibility index (Phi) is 8.08. The van der Waals surface area contributed by atoms with Crippen molar-refractivity contribution in [2.24, 2.45) is 0 Å². The molecule has 30 heavy (non-hydrogen) atoms. The van der Waals surface area contributed by atoms with Crippen LogP contribution in [0.1, 0.15) is 71.3 Å². The number of benzene rings is 1. The van der Waals surface area contributed by atoms with Crippen LogP contribution in [0.25, 0.3) is 10.2 Å². The zero-order valence-corrected chi connectivity index (χ0v) is 19.2. The topological polar surface area (TPSA) is 62.7 Å². The molecule has 0 bridgehead atoms. The maximum absolute atomic E-state index is 13.1. The summed E-state index contributed by atoms with van der Waals surface area (Å²) in [6.45, 7) is 7.40. The van der Waals surface area contributed by atoms with E-state index < -0.39 is 6.23 Å². The molecular formula is C23H33N3O3S. The molecule has 2 amide bonds. The van der Waals surface area contributed by atoms with Gasteiger partial charge in [-0.1, -0.05) is 57.4 Å². The molecule has 0 saturated carbocycles. The van der Waals surface area contributed by atoms with Gasteiger partial charge in [-0.3, -0.25) is 4.79 Å². The Bertz CT molecular complexity index is 866. The predicted molar refractivity (Wildman–Crippen MR) is 122 cm³/mol. The van der Waals surface area contributed by atoms with Gasteiger partial charge in [0.2, 0.25) is 6.23 Å². The van der Waals surface area contributed by atoms with Crippen LogP contribution in [0.4, 0.5) is 9.93 Å². The van der Waals surface area contributed by atoms with Crippen molar-refractivity contribution in [1.29, 1.82) is 0 Å². The van der Waals surface area contributed by atoms with Crippen LogP contribution in [0.3, 0.4) is 0 Å². The van der Waals surface area contributed by atoms with Gasteiger partial charge >= 0.3 is 12.0 Å². The largest absolute Gasteiger partial charge is 0.439 e. The normalized spacial score (nSPS) is 16.6. The summed E-state index contributed by atoms with van der Waals surface area (Å²) in [6, 6.07) is 6.19. The Labute approximate surface area is 183 Å². The predicted octanol–water partition coefficient (Wildman–Crippen LogP) is 5.74. The lowest BCUT2D eigenvalue weighted by molar-refractivity contribution is -0.148. The highest BCUT2D eigenvalue weighted by Gasteiger charge is 2.41. The van der Waals surface area contributed by atoms with Crippen molar-refractivity contribution in [3.8, 4) is 0 Å². The van der Waals surface area contributed by atoms with Crippen LogP contribution in [0.2, 0.25) is 0 Å². The van der Waals surface area contributed by atoms with E-state index in [2.05, 4.69) is 26.0 Å². The van der Waals surface area contributed by atoms with Crippen molar-refractivity contribution in [3.05, 3.63) is 23.8 Å². The van der Waals surface area contributed by atoms with Gasteiger partial charge in [-0.2, -0.15) is 0 Å². The fourth-order valence-electron chi connectivity index (χ4n) is 3.58. The molecule has 3 rings (SSSR count). The molecule has 1 aliphatic rings. The zero-order valence-electron chi connectivity index (χ0n) is 18.4. The molecule has 2 aromatic rings. The number of rotatable bonds is 11. The van der Waals surface area contributed by atoms with Gasteiger partial charge in [-0.15, -0.1) is 0 Å². The van der Waals surface area contributed by atoms with Crippen molar-refractivity contribution in [2.45, 2.75) is 78.4 Å². The molecule has 1 unspecified atom stereocenters. The quantitative estimate of drug-likeness (QED) is 0.426. The number of ether oxygens (including phenoxy) is 1. The number of aryl methyl sites for hydroxylation is 1. The fraction of sp³-hybridized carbons (Fsp3) is 0.609. The monoisotopic (exact) mass is 431 g/mol. The van der Waals surface area contributed by atoms with Crippen molar-refractivity contribution in [2.75, 3.05) is 18.0 Å². The van der Waals surface area contributed by atoms with Crippen LogP contribution >= 0.6 is 11.3 Å². The summed E-state index contributed by atoms with van der Waals surface area (Å²) >= 11 is 1.50. The van der Waals surface area contributed by atoms with Gasteiger partial charge in [0.25, 0.3) is 0 Å². The molecule has 0 spiro atoms. The number of thiazole rings is 1. The molecule has 1 aromatic carbocycles. The third kappa shape index (κ3) is 5.31. The number of carbonyl (C=O) groups is 2. The Morgan fingerprint density at radius 3 is 2.67 bits per heavy atom. The molecule has 164 valence electrons. The highest BCUT2D eigenvalue weighted by atomic mass is 32.1. The minimum Gasteiger partial charge on any atom is -0.439 e.